The maximum atomic E-state index is 12.1. The van der Waals surface area contributed by atoms with Gasteiger partial charge in [0, 0.05) is 14.1 Å². The molecule has 0 radical (unpaired) electrons. The van der Waals surface area contributed by atoms with E-state index < -0.39 is 20.2 Å². The molecule has 16 heavy (non-hydrogen) atoms. The van der Waals surface area contributed by atoms with E-state index in [2.05, 4.69) is 9.97 Å². The highest BCUT2D eigenvalue weighted by Gasteiger charge is 2.47. The van der Waals surface area contributed by atoms with E-state index in [9.17, 15) is 21.6 Å². The van der Waals surface area contributed by atoms with Crippen molar-refractivity contribution in [3.8, 4) is 0 Å². The summed E-state index contributed by atoms with van der Waals surface area (Å²) in [6.45, 7) is 0. The Morgan fingerprint density at radius 1 is 1.19 bits per heavy atom. The SMILES string of the molecule is CN(C)c1ncc(S(=O)(=O)C(F)(F)F)cn1. The highest BCUT2D eigenvalue weighted by atomic mass is 32.2. The highest BCUT2D eigenvalue weighted by molar-refractivity contribution is 7.92. The summed E-state index contributed by atoms with van der Waals surface area (Å²) in [6, 6.07) is 0. The maximum Gasteiger partial charge on any atom is 0.502 e. The Bertz CT molecular complexity index is 467. The van der Waals surface area contributed by atoms with Gasteiger partial charge in [-0.15, -0.1) is 0 Å². The lowest BCUT2D eigenvalue weighted by atomic mass is 10.6. The molecule has 1 aromatic heterocycles. The minimum Gasteiger partial charge on any atom is -0.347 e. The number of hydrogen-bond acceptors (Lipinski definition) is 5. The standard InChI is InChI=1S/C7H8F3N3O2S/c1-13(2)6-11-3-5(4-12-6)16(14,15)7(8,9)10/h3-4H,1-2H3. The van der Waals surface area contributed by atoms with Crippen molar-refractivity contribution in [2.75, 3.05) is 19.0 Å². The number of halogens is 3. The summed E-state index contributed by atoms with van der Waals surface area (Å²) in [5.41, 5.74) is -5.34. The first kappa shape index (κ1) is 12.7. The van der Waals surface area contributed by atoms with Gasteiger partial charge in [0.2, 0.25) is 5.95 Å². The number of nitrogens with zero attached hydrogens (tertiary/aromatic N) is 3. The molecule has 1 heterocycles. The van der Waals surface area contributed by atoms with E-state index in [1.807, 2.05) is 0 Å². The fourth-order valence-electron chi connectivity index (χ4n) is 0.813. The topological polar surface area (TPSA) is 63.2 Å². The summed E-state index contributed by atoms with van der Waals surface area (Å²) < 4.78 is 58.2. The molecule has 0 N–H and O–H groups in total. The van der Waals surface area contributed by atoms with E-state index in [4.69, 9.17) is 0 Å². The molecular formula is C7H8F3N3O2S. The van der Waals surface area contributed by atoms with Crippen molar-refractivity contribution in [3.05, 3.63) is 12.4 Å². The second-order valence-electron chi connectivity index (χ2n) is 3.06. The van der Waals surface area contributed by atoms with Crippen LogP contribution in [-0.4, -0.2) is 38.0 Å². The molecule has 0 amide bonds. The number of rotatable bonds is 2. The summed E-state index contributed by atoms with van der Waals surface area (Å²) in [7, 11) is -2.21. The smallest absolute Gasteiger partial charge is 0.347 e. The van der Waals surface area contributed by atoms with Crippen molar-refractivity contribution >= 4 is 15.8 Å². The Kier molecular flexibility index (Phi) is 3.08. The first-order chi connectivity index (χ1) is 7.16. The van der Waals surface area contributed by atoms with Crippen molar-refractivity contribution in [2.45, 2.75) is 10.4 Å². The average molecular weight is 255 g/mol. The van der Waals surface area contributed by atoms with Crippen LogP contribution in [0.25, 0.3) is 0 Å². The molecule has 90 valence electrons. The number of aromatic nitrogens is 2. The Morgan fingerprint density at radius 3 is 1.94 bits per heavy atom. The van der Waals surface area contributed by atoms with Gasteiger partial charge in [0.15, 0.2) is 0 Å². The third kappa shape index (κ3) is 2.23. The fourth-order valence-corrected chi connectivity index (χ4v) is 1.46. The predicted octanol–water partition coefficient (Wildman–Crippen LogP) is 0.836. The first-order valence-electron chi connectivity index (χ1n) is 3.97. The van der Waals surface area contributed by atoms with Gasteiger partial charge in [0.1, 0.15) is 4.90 Å². The lowest BCUT2D eigenvalue weighted by Crippen LogP contribution is -2.24. The molecule has 9 heteroatoms. The second-order valence-corrected chi connectivity index (χ2v) is 5.00. The third-order valence-electron chi connectivity index (χ3n) is 1.63. The van der Waals surface area contributed by atoms with Gasteiger partial charge in [0.05, 0.1) is 12.4 Å². The van der Waals surface area contributed by atoms with Crippen LogP contribution >= 0.6 is 0 Å². The van der Waals surface area contributed by atoms with Crippen LogP contribution in [0.4, 0.5) is 19.1 Å². The van der Waals surface area contributed by atoms with E-state index in [1.54, 1.807) is 14.1 Å². The average Bonchev–Trinajstić information content (AvgIpc) is 2.16. The van der Waals surface area contributed by atoms with Gasteiger partial charge in [-0.25, -0.2) is 18.4 Å². The van der Waals surface area contributed by atoms with Gasteiger partial charge >= 0.3 is 5.51 Å². The van der Waals surface area contributed by atoms with Crippen molar-refractivity contribution < 1.29 is 21.6 Å². The molecule has 1 rings (SSSR count). The summed E-state index contributed by atoms with van der Waals surface area (Å²) >= 11 is 0. The van der Waals surface area contributed by atoms with Gasteiger partial charge < -0.3 is 4.90 Å². The zero-order valence-corrected chi connectivity index (χ0v) is 9.17. The molecule has 0 saturated heterocycles. The number of anilines is 1. The molecule has 1 aromatic rings. The molecule has 0 atom stereocenters. The largest absolute Gasteiger partial charge is 0.502 e. The normalized spacial score (nSPS) is 12.6. The van der Waals surface area contributed by atoms with Crippen molar-refractivity contribution in [1.82, 2.24) is 9.97 Å². The van der Waals surface area contributed by atoms with Crippen LogP contribution < -0.4 is 4.90 Å². The van der Waals surface area contributed by atoms with E-state index in [0.717, 1.165) is 0 Å². The molecule has 0 aliphatic rings. The fraction of sp³-hybridized carbons (Fsp3) is 0.429. The molecule has 0 bridgehead atoms. The van der Waals surface area contributed by atoms with E-state index in [1.165, 1.54) is 4.90 Å². The molecule has 5 nitrogen and oxygen atoms in total. The second kappa shape index (κ2) is 3.89. The Labute approximate surface area is 89.8 Å². The minimum absolute atomic E-state index is 0.126. The Balaban J connectivity index is 3.18. The van der Waals surface area contributed by atoms with Crippen LogP contribution in [0.1, 0.15) is 0 Å². The van der Waals surface area contributed by atoms with Crippen LogP contribution in [0.5, 0.6) is 0 Å². The van der Waals surface area contributed by atoms with Gasteiger partial charge in [-0.2, -0.15) is 13.2 Å². The number of sulfone groups is 1. The summed E-state index contributed by atoms with van der Waals surface area (Å²) in [4.78, 5) is 7.45. The molecule has 0 fully saturated rings. The number of hydrogen-bond donors (Lipinski definition) is 0. The Hall–Kier alpha value is -1.38. The van der Waals surface area contributed by atoms with Gasteiger partial charge in [-0.1, -0.05) is 0 Å². The molecular weight excluding hydrogens is 247 g/mol. The quantitative estimate of drug-likeness (QED) is 0.783. The summed E-state index contributed by atoms with van der Waals surface area (Å²) in [5, 5.41) is 0. The van der Waals surface area contributed by atoms with Crippen LogP contribution in [-0.2, 0) is 9.84 Å². The molecule has 0 aliphatic carbocycles. The van der Waals surface area contributed by atoms with E-state index in [0.29, 0.717) is 12.4 Å². The summed E-state index contributed by atoms with van der Waals surface area (Å²) in [6.07, 6.45) is 1.26. The molecule has 0 saturated carbocycles. The summed E-state index contributed by atoms with van der Waals surface area (Å²) in [5.74, 6) is 0.126. The van der Waals surface area contributed by atoms with Crippen LogP contribution in [0.15, 0.2) is 17.3 Å². The third-order valence-corrected chi connectivity index (χ3v) is 3.07. The monoisotopic (exact) mass is 255 g/mol. The minimum atomic E-state index is -5.36. The molecule has 0 aliphatic heterocycles. The first-order valence-corrected chi connectivity index (χ1v) is 5.45. The van der Waals surface area contributed by atoms with Crippen LogP contribution in [0.3, 0.4) is 0 Å². The van der Waals surface area contributed by atoms with Gasteiger partial charge in [-0.05, 0) is 0 Å². The zero-order valence-electron chi connectivity index (χ0n) is 8.35. The maximum absolute atomic E-state index is 12.1. The van der Waals surface area contributed by atoms with Crippen molar-refractivity contribution in [3.63, 3.8) is 0 Å². The molecule has 0 unspecified atom stereocenters. The van der Waals surface area contributed by atoms with Crippen LogP contribution in [0.2, 0.25) is 0 Å². The predicted molar refractivity (Wildman–Crippen MR) is 49.6 cm³/mol. The van der Waals surface area contributed by atoms with Gasteiger partial charge in [0.25, 0.3) is 9.84 Å². The molecule has 0 aromatic carbocycles. The Morgan fingerprint density at radius 2 is 1.62 bits per heavy atom. The highest BCUT2D eigenvalue weighted by Crippen LogP contribution is 2.29. The lowest BCUT2D eigenvalue weighted by Gasteiger charge is -2.11. The van der Waals surface area contributed by atoms with E-state index in [-0.39, 0.29) is 5.95 Å². The van der Waals surface area contributed by atoms with E-state index >= 15 is 0 Å². The van der Waals surface area contributed by atoms with Crippen molar-refractivity contribution in [1.29, 1.82) is 0 Å². The molecule has 0 spiro atoms. The van der Waals surface area contributed by atoms with Crippen LogP contribution in [0, 0.1) is 0 Å². The van der Waals surface area contributed by atoms with Gasteiger partial charge in [-0.3, -0.25) is 0 Å². The number of alkyl halides is 3. The van der Waals surface area contributed by atoms with Crippen molar-refractivity contribution in [2.24, 2.45) is 0 Å². The zero-order chi connectivity index (χ0) is 12.6. The lowest BCUT2D eigenvalue weighted by molar-refractivity contribution is -0.0436.